The molecule has 0 unspecified atom stereocenters. The Morgan fingerprint density at radius 2 is 1.77 bits per heavy atom. The van der Waals surface area contributed by atoms with Gasteiger partial charge in [0.15, 0.2) is 0 Å². The molecule has 162 valence electrons. The highest BCUT2D eigenvalue weighted by Gasteiger charge is 2.36. The van der Waals surface area contributed by atoms with Gasteiger partial charge in [0.2, 0.25) is 20.0 Å². The minimum atomic E-state index is -3.58. The lowest BCUT2D eigenvalue weighted by atomic mass is 9.99. The van der Waals surface area contributed by atoms with E-state index in [9.17, 15) is 16.8 Å². The second-order valence-electron chi connectivity index (χ2n) is 6.80. The van der Waals surface area contributed by atoms with E-state index >= 15 is 0 Å². The fourth-order valence-corrected chi connectivity index (χ4v) is 4.84. The molecular formula is C20H25N3O5S2. The predicted octanol–water partition coefficient (Wildman–Crippen LogP) is 2.96. The van der Waals surface area contributed by atoms with E-state index in [2.05, 4.69) is 9.82 Å². The molecule has 10 heteroatoms. The number of ether oxygens (including phenoxy) is 1. The topological polar surface area (TPSA) is 105 Å². The minimum absolute atomic E-state index is 0.0203. The summed E-state index contributed by atoms with van der Waals surface area (Å²) in [6, 6.07) is 13.6. The zero-order chi connectivity index (χ0) is 21.9. The molecule has 1 atom stereocenters. The van der Waals surface area contributed by atoms with Gasteiger partial charge in [-0.15, -0.1) is 0 Å². The fourth-order valence-electron chi connectivity index (χ4n) is 3.13. The smallest absolute Gasteiger partial charge is 0.250 e. The maximum absolute atomic E-state index is 12.7. The number of nitrogens with zero attached hydrogens (tertiary/aromatic N) is 2. The fraction of sp³-hybridized carbons (Fsp3) is 0.350. The van der Waals surface area contributed by atoms with Crippen molar-refractivity contribution in [3.05, 3.63) is 59.7 Å². The Morgan fingerprint density at radius 3 is 2.37 bits per heavy atom. The first-order valence-corrected chi connectivity index (χ1v) is 12.8. The molecule has 2 aromatic rings. The number of methoxy groups -OCH3 is 1. The normalized spacial score (nSPS) is 17.0. The highest BCUT2D eigenvalue weighted by molar-refractivity contribution is 7.92. The molecule has 0 aromatic heterocycles. The van der Waals surface area contributed by atoms with E-state index in [-0.39, 0.29) is 11.5 Å². The number of rotatable bonds is 8. The lowest BCUT2D eigenvalue weighted by Gasteiger charge is -2.23. The average molecular weight is 452 g/mol. The summed E-state index contributed by atoms with van der Waals surface area (Å²) in [7, 11) is -5.38. The van der Waals surface area contributed by atoms with E-state index in [0.29, 0.717) is 23.6 Å². The van der Waals surface area contributed by atoms with Crippen LogP contribution in [0.25, 0.3) is 0 Å². The van der Waals surface area contributed by atoms with Crippen molar-refractivity contribution in [3.8, 4) is 5.75 Å². The quantitative estimate of drug-likeness (QED) is 0.664. The molecule has 3 rings (SSSR count). The molecule has 0 bridgehead atoms. The van der Waals surface area contributed by atoms with Crippen molar-refractivity contribution in [1.82, 2.24) is 4.41 Å². The molecule has 0 amide bonds. The molecule has 1 heterocycles. The summed E-state index contributed by atoms with van der Waals surface area (Å²) in [5, 5.41) is 4.42. The van der Waals surface area contributed by atoms with Crippen molar-refractivity contribution in [2.75, 3.05) is 23.3 Å². The first kappa shape index (κ1) is 22.1. The van der Waals surface area contributed by atoms with Crippen molar-refractivity contribution in [1.29, 1.82) is 0 Å². The van der Waals surface area contributed by atoms with Crippen LogP contribution >= 0.6 is 0 Å². The molecule has 1 N–H and O–H groups in total. The van der Waals surface area contributed by atoms with Gasteiger partial charge in [0.25, 0.3) is 0 Å². The number of sulfonamides is 2. The molecule has 0 saturated heterocycles. The first-order valence-electron chi connectivity index (χ1n) is 9.53. The van der Waals surface area contributed by atoms with Gasteiger partial charge in [0, 0.05) is 12.1 Å². The number of hydrogen-bond acceptors (Lipinski definition) is 6. The highest BCUT2D eigenvalue weighted by atomic mass is 32.2. The molecular weight excluding hydrogens is 426 g/mol. The van der Waals surface area contributed by atoms with Crippen molar-refractivity contribution >= 4 is 31.4 Å². The van der Waals surface area contributed by atoms with Crippen LogP contribution in [0.2, 0.25) is 0 Å². The molecule has 1 aliphatic rings. The van der Waals surface area contributed by atoms with Crippen LogP contribution in [0.15, 0.2) is 53.6 Å². The third-order valence-corrected chi connectivity index (χ3v) is 7.82. The molecule has 0 fully saturated rings. The van der Waals surface area contributed by atoms with Gasteiger partial charge in [-0.1, -0.05) is 24.3 Å². The summed E-state index contributed by atoms with van der Waals surface area (Å²) in [6.07, 6.45) is 0.395. The van der Waals surface area contributed by atoms with Crippen molar-refractivity contribution in [2.45, 2.75) is 26.3 Å². The lowest BCUT2D eigenvalue weighted by Crippen LogP contribution is -2.28. The monoisotopic (exact) mass is 451 g/mol. The van der Waals surface area contributed by atoms with Crippen molar-refractivity contribution in [3.63, 3.8) is 0 Å². The molecule has 0 aliphatic carbocycles. The number of hydrogen-bond donors (Lipinski definition) is 1. The minimum Gasteiger partial charge on any atom is -0.497 e. The summed E-state index contributed by atoms with van der Waals surface area (Å²) < 4.78 is 57.7. The van der Waals surface area contributed by atoms with Gasteiger partial charge in [-0.2, -0.15) is 9.52 Å². The molecule has 30 heavy (non-hydrogen) atoms. The van der Waals surface area contributed by atoms with E-state index in [1.807, 2.05) is 18.2 Å². The van der Waals surface area contributed by atoms with Crippen LogP contribution in [0.5, 0.6) is 5.75 Å². The third-order valence-electron chi connectivity index (χ3n) is 4.87. The number of nitrogens with one attached hydrogen (secondary N) is 1. The first-order chi connectivity index (χ1) is 14.2. The SMILES string of the molecule is CCS(=O)(=O)Nc1ccc(C2=NN(S(=O)(=O)CC)[C@@H](c3cccc(OC)c3)C2)cc1. The van der Waals surface area contributed by atoms with Crippen LogP contribution in [0.3, 0.4) is 0 Å². The molecule has 2 aromatic carbocycles. The van der Waals surface area contributed by atoms with E-state index in [1.54, 1.807) is 51.3 Å². The molecule has 0 radical (unpaired) electrons. The number of hydrazone groups is 1. The maximum atomic E-state index is 12.7. The van der Waals surface area contributed by atoms with Crippen molar-refractivity contribution in [2.24, 2.45) is 5.10 Å². The van der Waals surface area contributed by atoms with Crippen LogP contribution in [0.1, 0.15) is 37.4 Å². The summed E-state index contributed by atoms with van der Waals surface area (Å²) in [5.41, 5.74) is 2.58. The Kier molecular flexibility index (Phi) is 6.37. The molecule has 0 saturated carbocycles. The zero-order valence-electron chi connectivity index (χ0n) is 17.1. The summed E-state index contributed by atoms with van der Waals surface area (Å²) in [4.78, 5) is 0. The van der Waals surface area contributed by atoms with Gasteiger partial charge in [0.1, 0.15) is 5.75 Å². The number of benzene rings is 2. The maximum Gasteiger partial charge on any atom is 0.250 e. The second-order valence-corrected chi connectivity index (χ2v) is 10.9. The van der Waals surface area contributed by atoms with Crippen LogP contribution in [-0.4, -0.2) is 45.6 Å². The Balaban J connectivity index is 1.93. The standard InChI is InChI=1S/C20H25N3O5S2/c1-4-29(24,25)22-17-11-9-15(10-12-17)19-14-20(23(21-19)30(26,27)5-2)16-7-6-8-18(13-16)28-3/h6-13,20,22H,4-5,14H2,1-3H3/t20-/m1/s1. The van der Waals surface area contributed by atoms with Gasteiger partial charge < -0.3 is 4.74 Å². The van der Waals surface area contributed by atoms with E-state index in [4.69, 9.17) is 4.74 Å². The number of anilines is 1. The predicted molar refractivity (Wildman–Crippen MR) is 118 cm³/mol. The van der Waals surface area contributed by atoms with Crippen LogP contribution in [-0.2, 0) is 20.0 Å². The van der Waals surface area contributed by atoms with Gasteiger partial charge >= 0.3 is 0 Å². The third kappa shape index (κ3) is 4.76. The lowest BCUT2D eigenvalue weighted by molar-refractivity contribution is 0.369. The Hall–Kier alpha value is -2.59. The van der Waals surface area contributed by atoms with Gasteiger partial charge in [-0.3, -0.25) is 4.72 Å². The average Bonchev–Trinajstić information content (AvgIpc) is 3.20. The molecule has 8 nitrogen and oxygen atoms in total. The zero-order valence-corrected chi connectivity index (χ0v) is 18.7. The van der Waals surface area contributed by atoms with Crippen molar-refractivity contribution < 1.29 is 21.6 Å². The van der Waals surface area contributed by atoms with E-state index in [1.165, 1.54) is 4.41 Å². The van der Waals surface area contributed by atoms with Gasteiger partial charge in [0.05, 0.1) is 30.4 Å². The Labute approximate surface area is 177 Å². The van der Waals surface area contributed by atoms with Crippen LogP contribution in [0.4, 0.5) is 5.69 Å². The Bertz CT molecular complexity index is 1140. The molecule has 0 spiro atoms. The van der Waals surface area contributed by atoms with Crippen LogP contribution < -0.4 is 9.46 Å². The van der Waals surface area contributed by atoms with E-state index in [0.717, 1.165) is 11.1 Å². The Morgan fingerprint density at radius 1 is 1.07 bits per heavy atom. The second kappa shape index (κ2) is 8.65. The summed E-state index contributed by atoms with van der Waals surface area (Å²) >= 11 is 0. The summed E-state index contributed by atoms with van der Waals surface area (Å²) in [6.45, 7) is 3.14. The van der Waals surface area contributed by atoms with E-state index < -0.39 is 26.1 Å². The molecule has 1 aliphatic heterocycles. The summed E-state index contributed by atoms with van der Waals surface area (Å²) in [5.74, 6) is 0.553. The highest BCUT2D eigenvalue weighted by Crippen LogP contribution is 2.36. The van der Waals surface area contributed by atoms with Gasteiger partial charge in [-0.25, -0.2) is 16.8 Å². The van der Waals surface area contributed by atoms with Gasteiger partial charge in [-0.05, 0) is 49.2 Å². The van der Waals surface area contributed by atoms with Crippen LogP contribution in [0, 0.1) is 0 Å². The largest absolute Gasteiger partial charge is 0.497 e.